The van der Waals surface area contributed by atoms with Crippen molar-refractivity contribution in [2.75, 3.05) is 11.9 Å². The molecule has 0 saturated heterocycles. The quantitative estimate of drug-likeness (QED) is 0.354. The number of benzene rings is 2. The van der Waals surface area contributed by atoms with Crippen LogP contribution in [0.4, 0.5) is 11.4 Å². The van der Waals surface area contributed by atoms with E-state index in [0.29, 0.717) is 11.3 Å². The number of amides is 1. The number of hydrogen-bond acceptors (Lipinski definition) is 6. The molecule has 170 valence electrons. The number of H-pyrrole nitrogens is 2. The monoisotopic (exact) mass is 450 g/mol. The van der Waals surface area contributed by atoms with Crippen LogP contribution in [0, 0.1) is 10.1 Å². The van der Waals surface area contributed by atoms with Crippen LogP contribution in [0.3, 0.4) is 0 Å². The number of carbonyl (C=O) groups is 1. The molecule has 0 aliphatic carbocycles. The third-order valence-electron chi connectivity index (χ3n) is 4.68. The number of nitrogens with zero attached hydrogens (tertiary/aromatic N) is 1. The highest BCUT2D eigenvalue weighted by molar-refractivity contribution is 5.92. The Morgan fingerprint density at radius 3 is 2.45 bits per heavy atom. The highest BCUT2D eigenvalue weighted by atomic mass is 16.6. The molecule has 10 heteroatoms. The minimum atomic E-state index is -1.08. The summed E-state index contributed by atoms with van der Waals surface area (Å²) >= 11 is 0. The minimum absolute atomic E-state index is 0.179. The molecular weight excluding hydrogens is 428 g/mol. The molecule has 1 amide bonds. The third-order valence-corrected chi connectivity index (χ3v) is 4.68. The predicted octanol–water partition coefficient (Wildman–Crippen LogP) is 3.28. The predicted molar refractivity (Wildman–Crippen MR) is 124 cm³/mol. The van der Waals surface area contributed by atoms with E-state index in [4.69, 9.17) is 4.74 Å². The SMILES string of the molecule is CC(C)c1ccccc1NC(=O)COc1ccc(/C=C/c2[nH]c(=O)[nH]c(=O)c2[N+](=O)[O-])cc1. The average molecular weight is 450 g/mol. The number of carbonyl (C=O) groups excluding carboxylic acids is 1. The summed E-state index contributed by atoms with van der Waals surface area (Å²) in [5.74, 6) is 0.421. The van der Waals surface area contributed by atoms with Crippen LogP contribution in [-0.4, -0.2) is 27.4 Å². The number of aromatic amines is 2. The molecular formula is C23H22N4O6. The van der Waals surface area contributed by atoms with E-state index in [-0.39, 0.29) is 24.1 Å². The maximum atomic E-state index is 12.3. The largest absolute Gasteiger partial charge is 0.484 e. The maximum absolute atomic E-state index is 12.3. The van der Waals surface area contributed by atoms with Crippen LogP contribution in [0.2, 0.25) is 0 Å². The van der Waals surface area contributed by atoms with E-state index in [9.17, 15) is 24.5 Å². The van der Waals surface area contributed by atoms with Gasteiger partial charge < -0.3 is 15.0 Å². The first kappa shape index (κ1) is 23.2. The summed E-state index contributed by atoms with van der Waals surface area (Å²) in [5, 5.41) is 13.9. The lowest BCUT2D eigenvalue weighted by Gasteiger charge is -2.14. The molecule has 3 N–H and O–H groups in total. The normalized spacial score (nSPS) is 11.0. The van der Waals surface area contributed by atoms with Crippen molar-refractivity contribution in [2.24, 2.45) is 0 Å². The smallest absolute Gasteiger partial charge is 0.357 e. The molecule has 3 rings (SSSR count). The zero-order valence-electron chi connectivity index (χ0n) is 18.0. The van der Waals surface area contributed by atoms with Crippen molar-refractivity contribution in [1.82, 2.24) is 9.97 Å². The van der Waals surface area contributed by atoms with Gasteiger partial charge in [-0.15, -0.1) is 0 Å². The molecule has 3 aromatic rings. The van der Waals surface area contributed by atoms with Crippen LogP contribution in [0.15, 0.2) is 58.1 Å². The van der Waals surface area contributed by atoms with Gasteiger partial charge in [-0.3, -0.25) is 24.7 Å². The van der Waals surface area contributed by atoms with Gasteiger partial charge in [0, 0.05) is 5.69 Å². The molecule has 33 heavy (non-hydrogen) atoms. The fourth-order valence-corrected chi connectivity index (χ4v) is 3.10. The lowest BCUT2D eigenvalue weighted by atomic mass is 10.0. The van der Waals surface area contributed by atoms with Crippen molar-refractivity contribution in [3.05, 3.63) is 96.3 Å². The number of rotatable bonds is 8. The summed E-state index contributed by atoms with van der Waals surface area (Å²) in [6.45, 7) is 3.91. The molecule has 0 aliphatic heterocycles. The highest BCUT2D eigenvalue weighted by Gasteiger charge is 2.18. The molecule has 1 heterocycles. The van der Waals surface area contributed by atoms with Crippen LogP contribution in [0.5, 0.6) is 5.75 Å². The highest BCUT2D eigenvalue weighted by Crippen LogP contribution is 2.23. The number of ether oxygens (including phenoxy) is 1. The molecule has 0 radical (unpaired) electrons. The minimum Gasteiger partial charge on any atom is -0.484 e. The van der Waals surface area contributed by atoms with E-state index < -0.39 is 21.9 Å². The Labute approximate surface area is 188 Å². The van der Waals surface area contributed by atoms with Gasteiger partial charge in [-0.1, -0.05) is 50.3 Å². The maximum Gasteiger partial charge on any atom is 0.357 e. The number of nitro groups is 1. The van der Waals surface area contributed by atoms with Crippen LogP contribution < -0.4 is 21.3 Å². The Morgan fingerprint density at radius 2 is 1.79 bits per heavy atom. The van der Waals surface area contributed by atoms with Crippen molar-refractivity contribution in [1.29, 1.82) is 0 Å². The van der Waals surface area contributed by atoms with Gasteiger partial charge in [-0.05, 0) is 41.3 Å². The molecule has 0 bridgehead atoms. The first-order valence-corrected chi connectivity index (χ1v) is 10.1. The van der Waals surface area contributed by atoms with E-state index in [0.717, 1.165) is 11.3 Å². The fourth-order valence-electron chi connectivity index (χ4n) is 3.10. The second-order valence-electron chi connectivity index (χ2n) is 7.41. The van der Waals surface area contributed by atoms with Crippen molar-refractivity contribution in [3.8, 4) is 5.75 Å². The Hall–Kier alpha value is -4.47. The molecule has 0 atom stereocenters. The molecule has 0 fully saturated rings. The number of aromatic nitrogens is 2. The summed E-state index contributed by atoms with van der Waals surface area (Å²) < 4.78 is 5.52. The molecule has 0 saturated carbocycles. The lowest BCUT2D eigenvalue weighted by Crippen LogP contribution is -2.25. The molecule has 0 unspecified atom stereocenters. The molecule has 0 aliphatic rings. The van der Waals surface area contributed by atoms with Gasteiger partial charge in [-0.25, -0.2) is 4.79 Å². The van der Waals surface area contributed by atoms with Crippen molar-refractivity contribution in [3.63, 3.8) is 0 Å². The third kappa shape index (κ3) is 6.03. The van der Waals surface area contributed by atoms with E-state index in [1.807, 2.05) is 43.1 Å². The molecule has 0 spiro atoms. The van der Waals surface area contributed by atoms with Crippen molar-refractivity contribution < 1.29 is 14.5 Å². The van der Waals surface area contributed by atoms with Crippen molar-refractivity contribution in [2.45, 2.75) is 19.8 Å². The summed E-state index contributed by atoms with van der Waals surface area (Å²) in [6, 6.07) is 14.2. The molecule has 1 aromatic heterocycles. The number of hydrogen-bond donors (Lipinski definition) is 3. The number of para-hydroxylation sites is 1. The van der Waals surface area contributed by atoms with Gasteiger partial charge in [0.2, 0.25) is 0 Å². The van der Waals surface area contributed by atoms with Gasteiger partial charge in [0.1, 0.15) is 11.4 Å². The van der Waals surface area contributed by atoms with Gasteiger partial charge in [0.15, 0.2) is 6.61 Å². The van der Waals surface area contributed by atoms with Crippen LogP contribution in [0.25, 0.3) is 12.2 Å². The van der Waals surface area contributed by atoms with Gasteiger partial charge in [0.25, 0.3) is 5.91 Å². The van der Waals surface area contributed by atoms with Crippen LogP contribution in [0.1, 0.15) is 36.6 Å². The second-order valence-corrected chi connectivity index (χ2v) is 7.41. The van der Waals surface area contributed by atoms with Crippen molar-refractivity contribution >= 4 is 29.4 Å². The molecule has 10 nitrogen and oxygen atoms in total. The topological polar surface area (TPSA) is 147 Å². The Kier molecular flexibility index (Phi) is 7.19. The average Bonchev–Trinajstić information content (AvgIpc) is 2.76. The fraction of sp³-hybridized carbons (Fsp3) is 0.174. The zero-order valence-corrected chi connectivity index (χ0v) is 18.0. The van der Waals surface area contributed by atoms with E-state index >= 15 is 0 Å². The Bertz CT molecular complexity index is 1310. The summed E-state index contributed by atoms with van der Waals surface area (Å²) in [4.78, 5) is 49.6. The summed E-state index contributed by atoms with van der Waals surface area (Å²) in [7, 11) is 0. The van der Waals surface area contributed by atoms with Gasteiger partial charge >= 0.3 is 16.9 Å². The van der Waals surface area contributed by atoms with E-state index in [2.05, 4.69) is 10.3 Å². The van der Waals surface area contributed by atoms with Gasteiger partial charge in [0.05, 0.1) is 4.92 Å². The lowest BCUT2D eigenvalue weighted by molar-refractivity contribution is -0.386. The van der Waals surface area contributed by atoms with Crippen LogP contribution in [-0.2, 0) is 4.79 Å². The zero-order chi connectivity index (χ0) is 24.0. The number of anilines is 1. The van der Waals surface area contributed by atoms with Gasteiger partial charge in [-0.2, -0.15) is 0 Å². The first-order valence-electron chi connectivity index (χ1n) is 10.1. The number of nitrogens with one attached hydrogen (secondary N) is 3. The standard InChI is InChI=1S/C23H22N4O6/c1-14(2)17-5-3-4-6-18(17)24-20(28)13-33-16-10-7-15(8-11-16)9-12-19-21(27(31)32)22(29)26-23(30)25-19/h3-12,14H,13H2,1-2H3,(H,24,28)(H2,25,26,29,30)/b12-9+. The van der Waals surface area contributed by atoms with E-state index in [1.54, 1.807) is 24.3 Å². The second kappa shape index (κ2) is 10.2. The summed E-state index contributed by atoms with van der Waals surface area (Å²) in [5.41, 5.74) is -0.487. The van der Waals surface area contributed by atoms with E-state index in [1.165, 1.54) is 12.2 Å². The Balaban J connectivity index is 1.64. The molecule has 2 aromatic carbocycles. The first-order chi connectivity index (χ1) is 15.7. The Morgan fingerprint density at radius 1 is 1.09 bits per heavy atom. The summed E-state index contributed by atoms with van der Waals surface area (Å²) in [6.07, 6.45) is 2.77. The van der Waals surface area contributed by atoms with Crippen LogP contribution >= 0.6 is 0 Å².